The van der Waals surface area contributed by atoms with Gasteiger partial charge in [-0.25, -0.2) is 0 Å². The zero-order chi connectivity index (χ0) is 24.8. The lowest BCUT2D eigenvalue weighted by molar-refractivity contribution is -0.137. The minimum atomic E-state index is -4.45. The minimum Gasteiger partial charge on any atom is -0.354 e. The quantitative estimate of drug-likeness (QED) is 0.571. The van der Waals surface area contributed by atoms with Crippen molar-refractivity contribution in [3.63, 3.8) is 0 Å². The molecular weight excluding hydrogens is 447 g/mol. The summed E-state index contributed by atoms with van der Waals surface area (Å²) in [5, 5.41) is 6.04. The van der Waals surface area contributed by atoms with Crippen LogP contribution >= 0.6 is 0 Å². The molecule has 0 radical (unpaired) electrons. The number of benzene rings is 1. The van der Waals surface area contributed by atoms with Gasteiger partial charge in [0, 0.05) is 31.1 Å². The first-order chi connectivity index (χ1) is 16.2. The second-order valence-electron chi connectivity index (χ2n) is 9.38. The van der Waals surface area contributed by atoms with E-state index in [1.54, 1.807) is 4.90 Å². The van der Waals surface area contributed by atoms with Crippen LogP contribution in [0.4, 0.5) is 13.2 Å². The lowest BCUT2D eigenvalue weighted by Gasteiger charge is -2.39. The van der Waals surface area contributed by atoms with Crippen molar-refractivity contribution in [2.75, 3.05) is 19.6 Å². The molecule has 1 aromatic carbocycles. The van der Waals surface area contributed by atoms with E-state index in [1.807, 2.05) is 0 Å². The van der Waals surface area contributed by atoms with E-state index in [0.29, 0.717) is 45.3 Å². The minimum absolute atomic E-state index is 0.107. The van der Waals surface area contributed by atoms with E-state index >= 15 is 0 Å². The van der Waals surface area contributed by atoms with Crippen LogP contribution in [0.25, 0.3) is 0 Å². The van der Waals surface area contributed by atoms with Crippen molar-refractivity contribution in [3.05, 3.63) is 35.4 Å². The fourth-order valence-electron chi connectivity index (χ4n) is 4.78. The molecule has 2 aliphatic rings. The van der Waals surface area contributed by atoms with Gasteiger partial charge >= 0.3 is 6.18 Å². The van der Waals surface area contributed by atoms with Crippen molar-refractivity contribution in [2.45, 2.75) is 76.4 Å². The van der Waals surface area contributed by atoms with Crippen molar-refractivity contribution in [1.29, 1.82) is 0 Å². The van der Waals surface area contributed by atoms with E-state index in [1.165, 1.54) is 12.1 Å². The maximum absolute atomic E-state index is 13.1. The molecule has 1 heterocycles. The summed E-state index contributed by atoms with van der Waals surface area (Å²) in [7, 11) is 0. The number of nitrogens with one attached hydrogen (secondary N) is 2. The Morgan fingerprint density at radius 2 is 1.65 bits per heavy atom. The molecule has 9 heteroatoms. The van der Waals surface area contributed by atoms with Crippen LogP contribution in [0.3, 0.4) is 0 Å². The summed E-state index contributed by atoms with van der Waals surface area (Å²) in [5.74, 6) is -0.913. The smallest absolute Gasteiger partial charge is 0.354 e. The van der Waals surface area contributed by atoms with Crippen molar-refractivity contribution in [1.82, 2.24) is 15.5 Å². The highest BCUT2D eigenvalue weighted by atomic mass is 19.4. The topological polar surface area (TPSA) is 78.5 Å². The number of carbonyl (C=O) groups excluding carboxylic acids is 3. The van der Waals surface area contributed by atoms with Crippen LogP contribution in [0.2, 0.25) is 0 Å². The van der Waals surface area contributed by atoms with Gasteiger partial charge in [0.05, 0.1) is 5.56 Å². The Balaban J connectivity index is 1.56. The summed E-state index contributed by atoms with van der Waals surface area (Å²) in [6, 6.07) is 4.19. The summed E-state index contributed by atoms with van der Waals surface area (Å²) in [4.78, 5) is 40.3. The number of rotatable bonds is 7. The number of piperidine rings is 1. The SMILES string of the molecule is CCCCNC(=O)C1(NC(=O)C2CCN(C(=O)c3ccc(C(F)(F)F)cc3)CC2)CCCCC1. The Morgan fingerprint density at radius 1 is 1.03 bits per heavy atom. The fourth-order valence-corrected chi connectivity index (χ4v) is 4.78. The van der Waals surface area contributed by atoms with Crippen molar-refractivity contribution in [2.24, 2.45) is 5.92 Å². The molecule has 0 atom stereocenters. The van der Waals surface area contributed by atoms with Crippen LogP contribution in [0.15, 0.2) is 24.3 Å². The van der Waals surface area contributed by atoms with E-state index in [0.717, 1.165) is 44.2 Å². The molecule has 1 aliphatic carbocycles. The first kappa shape index (κ1) is 26.0. The van der Waals surface area contributed by atoms with Gasteiger partial charge in [-0.1, -0.05) is 32.6 Å². The summed E-state index contributed by atoms with van der Waals surface area (Å²) in [6.07, 6.45) is 2.40. The Labute approximate surface area is 198 Å². The highest BCUT2D eigenvalue weighted by Gasteiger charge is 2.42. The standard InChI is InChI=1S/C25H34F3N3O3/c1-2-3-15-29-23(34)24(13-5-4-6-14-24)30-21(32)18-11-16-31(17-12-18)22(33)19-7-9-20(10-8-19)25(26,27)28/h7-10,18H,2-6,11-17H2,1H3,(H,29,34)(H,30,32). The summed E-state index contributed by atoms with van der Waals surface area (Å²) >= 11 is 0. The first-order valence-corrected chi connectivity index (χ1v) is 12.2. The van der Waals surface area contributed by atoms with Crippen molar-refractivity contribution < 1.29 is 27.6 Å². The van der Waals surface area contributed by atoms with E-state index in [2.05, 4.69) is 17.6 Å². The van der Waals surface area contributed by atoms with E-state index in [4.69, 9.17) is 0 Å². The van der Waals surface area contributed by atoms with Crippen LogP contribution in [-0.4, -0.2) is 47.8 Å². The van der Waals surface area contributed by atoms with Gasteiger partial charge < -0.3 is 15.5 Å². The zero-order valence-electron chi connectivity index (χ0n) is 19.7. The molecule has 188 valence electrons. The number of hydrogen-bond acceptors (Lipinski definition) is 3. The number of unbranched alkanes of at least 4 members (excludes halogenated alkanes) is 1. The molecule has 1 saturated heterocycles. The monoisotopic (exact) mass is 481 g/mol. The van der Waals surface area contributed by atoms with Crippen LogP contribution in [0, 0.1) is 5.92 Å². The zero-order valence-corrected chi connectivity index (χ0v) is 19.7. The van der Waals surface area contributed by atoms with Crippen molar-refractivity contribution >= 4 is 17.7 Å². The first-order valence-electron chi connectivity index (χ1n) is 12.2. The van der Waals surface area contributed by atoms with Crippen LogP contribution in [0.1, 0.15) is 80.6 Å². The van der Waals surface area contributed by atoms with Crippen LogP contribution in [0.5, 0.6) is 0 Å². The second kappa shape index (κ2) is 11.2. The molecule has 34 heavy (non-hydrogen) atoms. The van der Waals surface area contributed by atoms with Crippen LogP contribution in [-0.2, 0) is 15.8 Å². The lowest BCUT2D eigenvalue weighted by atomic mass is 9.80. The van der Waals surface area contributed by atoms with Gasteiger partial charge in [0.15, 0.2) is 0 Å². The third-order valence-electron chi connectivity index (χ3n) is 6.93. The predicted octanol–water partition coefficient (Wildman–Crippen LogP) is 4.29. The maximum atomic E-state index is 13.1. The highest BCUT2D eigenvalue weighted by Crippen LogP contribution is 2.31. The molecular formula is C25H34F3N3O3. The lowest BCUT2D eigenvalue weighted by Crippen LogP contribution is -2.61. The van der Waals surface area contributed by atoms with Crippen LogP contribution < -0.4 is 10.6 Å². The highest BCUT2D eigenvalue weighted by molar-refractivity contribution is 5.95. The maximum Gasteiger partial charge on any atom is 0.416 e. The molecule has 1 saturated carbocycles. The average Bonchev–Trinajstić information content (AvgIpc) is 2.84. The molecule has 0 aromatic heterocycles. The summed E-state index contributed by atoms with van der Waals surface area (Å²) in [5.41, 5.74) is -1.47. The van der Waals surface area contributed by atoms with Gasteiger partial charge in [0.25, 0.3) is 5.91 Å². The predicted molar refractivity (Wildman–Crippen MR) is 122 cm³/mol. The van der Waals surface area contributed by atoms with Gasteiger partial charge in [-0.3, -0.25) is 14.4 Å². The van der Waals surface area contributed by atoms with E-state index in [-0.39, 0.29) is 29.2 Å². The number of carbonyl (C=O) groups is 3. The van der Waals surface area contributed by atoms with Gasteiger partial charge in [-0.2, -0.15) is 13.2 Å². The Morgan fingerprint density at radius 3 is 2.21 bits per heavy atom. The molecule has 0 spiro atoms. The Kier molecular flexibility index (Phi) is 8.60. The Bertz CT molecular complexity index is 856. The molecule has 1 aliphatic heterocycles. The molecule has 1 aromatic rings. The third-order valence-corrected chi connectivity index (χ3v) is 6.93. The van der Waals surface area contributed by atoms with Gasteiger partial charge in [0.2, 0.25) is 11.8 Å². The normalized spacial score (nSPS) is 18.9. The molecule has 0 unspecified atom stereocenters. The second-order valence-corrected chi connectivity index (χ2v) is 9.38. The molecule has 6 nitrogen and oxygen atoms in total. The van der Waals surface area contributed by atoms with Gasteiger partial charge in [-0.15, -0.1) is 0 Å². The largest absolute Gasteiger partial charge is 0.416 e. The van der Waals surface area contributed by atoms with E-state index < -0.39 is 17.3 Å². The summed E-state index contributed by atoms with van der Waals surface area (Å²) < 4.78 is 38.3. The van der Waals surface area contributed by atoms with Gasteiger partial charge in [-0.05, 0) is 56.4 Å². The average molecular weight is 482 g/mol. The number of nitrogens with zero attached hydrogens (tertiary/aromatic N) is 1. The van der Waals surface area contributed by atoms with Gasteiger partial charge in [0.1, 0.15) is 5.54 Å². The number of amides is 3. The number of hydrogen-bond donors (Lipinski definition) is 2. The molecule has 3 rings (SSSR count). The molecule has 0 bridgehead atoms. The van der Waals surface area contributed by atoms with E-state index in [9.17, 15) is 27.6 Å². The molecule has 2 N–H and O–H groups in total. The summed E-state index contributed by atoms with van der Waals surface area (Å²) in [6.45, 7) is 3.33. The molecule has 2 fully saturated rings. The van der Waals surface area contributed by atoms with Crippen molar-refractivity contribution in [3.8, 4) is 0 Å². The Hall–Kier alpha value is -2.58. The third kappa shape index (κ3) is 6.30. The fraction of sp³-hybridized carbons (Fsp3) is 0.640. The molecule has 3 amide bonds. The number of halogens is 3. The number of likely N-dealkylation sites (tertiary alicyclic amines) is 1. The number of alkyl halides is 3.